The number of rotatable bonds is 6. The molecule has 7 heteroatoms. The van der Waals surface area contributed by atoms with Crippen molar-refractivity contribution in [3.63, 3.8) is 0 Å². The van der Waals surface area contributed by atoms with Crippen molar-refractivity contribution in [3.05, 3.63) is 33.8 Å². The number of anilines is 3. The predicted molar refractivity (Wildman–Crippen MR) is 95.0 cm³/mol. The molecule has 112 valence electrons. The molecule has 0 bridgehead atoms. The summed E-state index contributed by atoms with van der Waals surface area (Å²) in [5.74, 6) is 1.57. The molecule has 0 spiro atoms. The van der Waals surface area contributed by atoms with Gasteiger partial charge in [-0.05, 0) is 46.8 Å². The van der Waals surface area contributed by atoms with Crippen LogP contribution in [0.1, 0.15) is 13.3 Å². The topological polar surface area (TPSA) is 49.8 Å². The zero-order valence-electron chi connectivity index (χ0n) is 11.8. The Morgan fingerprint density at radius 1 is 1.24 bits per heavy atom. The highest BCUT2D eigenvalue weighted by molar-refractivity contribution is 9.10. The second-order valence-corrected chi connectivity index (χ2v) is 6.37. The van der Waals surface area contributed by atoms with Gasteiger partial charge in [0.1, 0.15) is 11.6 Å². The number of nitrogens with zero attached hydrogens (tertiary/aromatic N) is 2. The van der Waals surface area contributed by atoms with Crippen LogP contribution in [0.15, 0.2) is 33.9 Å². The van der Waals surface area contributed by atoms with E-state index in [0.717, 1.165) is 39.9 Å². The Hall–Kier alpha value is -0.980. The maximum absolute atomic E-state index is 5.95. The second-order valence-electron chi connectivity index (χ2n) is 4.30. The molecule has 2 N–H and O–H groups in total. The first-order valence-corrected chi connectivity index (χ1v) is 8.91. The Kier molecular flexibility index (Phi) is 6.14. The first kappa shape index (κ1) is 16.4. The van der Waals surface area contributed by atoms with Gasteiger partial charge < -0.3 is 10.6 Å². The molecule has 4 nitrogen and oxygen atoms in total. The van der Waals surface area contributed by atoms with Crippen LogP contribution in [0, 0.1) is 0 Å². The molecule has 0 aliphatic rings. The molecule has 1 heterocycles. The van der Waals surface area contributed by atoms with E-state index in [1.807, 2.05) is 30.5 Å². The average molecular weight is 388 g/mol. The number of halogens is 2. The lowest BCUT2D eigenvalue weighted by atomic mass is 10.3. The predicted octanol–water partition coefficient (Wildman–Crippen LogP) is 5.18. The number of hydrogen-bond donors (Lipinski definition) is 2. The molecule has 0 saturated carbocycles. The molecule has 0 unspecified atom stereocenters. The van der Waals surface area contributed by atoms with Crippen LogP contribution in [0.4, 0.5) is 17.3 Å². The van der Waals surface area contributed by atoms with Gasteiger partial charge in [0.2, 0.25) is 0 Å². The maximum Gasteiger partial charge on any atom is 0.191 e. The molecule has 2 rings (SSSR count). The minimum absolute atomic E-state index is 0.685. The van der Waals surface area contributed by atoms with Gasteiger partial charge in [-0.15, -0.1) is 0 Å². The highest BCUT2D eigenvalue weighted by Crippen LogP contribution is 2.29. The van der Waals surface area contributed by atoms with Crippen molar-refractivity contribution in [1.82, 2.24) is 9.97 Å². The van der Waals surface area contributed by atoms with E-state index in [1.165, 1.54) is 11.8 Å². The van der Waals surface area contributed by atoms with Gasteiger partial charge in [0.25, 0.3) is 0 Å². The zero-order valence-corrected chi connectivity index (χ0v) is 14.9. The van der Waals surface area contributed by atoms with Gasteiger partial charge in [-0.25, -0.2) is 9.97 Å². The summed E-state index contributed by atoms with van der Waals surface area (Å²) < 4.78 is 0.891. The monoisotopic (exact) mass is 386 g/mol. The molecule has 0 fully saturated rings. The summed E-state index contributed by atoms with van der Waals surface area (Å²) >= 11 is 11.0. The van der Waals surface area contributed by atoms with E-state index >= 15 is 0 Å². The lowest BCUT2D eigenvalue weighted by Crippen LogP contribution is -2.05. The second kappa shape index (κ2) is 7.87. The number of aromatic nitrogens is 2. The van der Waals surface area contributed by atoms with Gasteiger partial charge in [-0.1, -0.05) is 30.3 Å². The fourth-order valence-corrected chi connectivity index (χ4v) is 2.81. The quantitative estimate of drug-likeness (QED) is 0.528. The molecule has 0 saturated heterocycles. The van der Waals surface area contributed by atoms with E-state index in [-0.39, 0.29) is 0 Å². The van der Waals surface area contributed by atoms with E-state index in [9.17, 15) is 0 Å². The third-order valence-electron chi connectivity index (χ3n) is 2.64. The minimum Gasteiger partial charge on any atom is -0.370 e. The first-order valence-electron chi connectivity index (χ1n) is 6.51. The van der Waals surface area contributed by atoms with Gasteiger partial charge in [0, 0.05) is 22.1 Å². The van der Waals surface area contributed by atoms with Crippen LogP contribution < -0.4 is 10.6 Å². The summed E-state index contributed by atoms with van der Waals surface area (Å²) in [5, 5.41) is 7.97. The molecule has 0 amide bonds. The Bertz CT molecular complexity index is 624. The minimum atomic E-state index is 0.685. The molecule has 2 aromatic rings. The summed E-state index contributed by atoms with van der Waals surface area (Å²) in [6.45, 7) is 3.00. The number of nitrogens with one attached hydrogen (secondary N) is 2. The van der Waals surface area contributed by atoms with E-state index in [0.29, 0.717) is 5.02 Å². The normalized spacial score (nSPS) is 10.5. The van der Waals surface area contributed by atoms with Crippen LogP contribution in [0.5, 0.6) is 0 Å². The number of thioether (sulfide) groups is 1. The lowest BCUT2D eigenvalue weighted by Gasteiger charge is -2.11. The zero-order chi connectivity index (χ0) is 15.2. The van der Waals surface area contributed by atoms with Gasteiger partial charge >= 0.3 is 0 Å². The molecular formula is C14H16BrClN4S. The van der Waals surface area contributed by atoms with Crippen molar-refractivity contribution in [2.45, 2.75) is 18.5 Å². The Balaban J connectivity index is 2.25. The number of hydrogen-bond acceptors (Lipinski definition) is 5. The Labute approximate surface area is 142 Å². The van der Waals surface area contributed by atoms with Crippen LogP contribution in [-0.4, -0.2) is 22.8 Å². The summed E-state index contributed by atoms with van der Waals surface area (Å²) in [4.78, 5) is 8.90. The molecular weight excluding hydrogens is 372 g/mol. The largest absolute Gasteiger partial charge is 0.370 e. The van der Waals surface area contributed by atoms with Gasteiger partial charge in [0.15, 0.2) is 5.16 Å². The molecule has 0 atom stereocenters. The molecule has 0 aliphatic heterocycles. The Morgan fingerprint density at radius 2 is 2.00 bits per heavy atom. The van der Waals surface area contributed by atoms with Crippen molar-refractivity contribution in [2.75, 3.05) is 23.4 Å². The standard InChI is InChI=1S/C14H16BrClN4S/c1-3-6-17-12-8-13(20-14(19-12)21-2)18-11-5-4-9(16)7-10(11)15/h4-5,7-8H,3,6H2,1-2H3,(H2,17,18,19,20). The van der Waals surface area contributed by atoms with Crippen LogP contribution in [-0.2, 0) is 0 Å². The van der Waals surface area contributed by atoms with Crippen LogP contribution in [0.25, 0.3) is 0 Å². The third-order valence-corrected chi connectivity index (χ3v) is 4.08. The van der Waals surface area contributed by atoms with Crippen LogP contribution in [0.3, 0.4) is 0 Å². The highest BCUT2D eigenvalue weighted by Gasteiger charge is 2.06. The summed E-state index contributed by atoms with van der Waals surface area (Å²) in [6.07, 6.45) is 3.00. The molecule has 0 aliphatic carbocycles. The highest BCUT2D eigenvalue weighted by atomic mass is 79.9. The summed E-state index contributed by atoms with van der Waals surface area (Å²) in [7, 11) is 0. The average Bonchev–Trinajstić information content (AvgIpc) is 2.48. The van der Waals surface area contributed by atoms with Gasteiger partial charge in [-0.3, -0.25) is 0 Å². The van der Waals surface area contributed by atoms with Gasteiger partial charge in [-0.2, -0.15) is 0 Å². The Morgan fingerprint density at radius 3 is 2.67 bits per heavy atom. The first-order chi connectivity index (χ1) is 10.1. The SMILES string of the molecule is CCCNc1cc(Nc2ccc(Cl)cc2Br)nc(SC)n1. The fraction of sp³-hybridized carbons (Fsp3) is 0.286. The van der Waals surface area contributed by atoms with Crippen molar-refractivity contribution in [1.29, 1.82) is 0 Å². The molecule has 1 aromatic heterocycles. The van der Waals surface area contributed by atoms with Crippen molar-refractivity contribution >= 4 is 56.6 Å². The lowest BCUT2D eigenvalue weighted by molar-refractivity contribution is 0.929. The van der Waals surface area contributed by atoms with Crippen LogP contribution >= 0.6 is 39.3 Å². The smallest absolute Gasteiger partial charge is 0.191 e. The molecule has 0 radical (unpaired) electrons. The van der Waals surface area contributed by atoms with Crippen LogP contribution in [0.2, 0.25) is 5.02 Å². The third kappa shape index (κ3) is 4.76. The van der Waals surface area contributed by atoms with E-state index < -0.39 is 0 Å². The summed E-state index contributed by atoms with van der Waals surface area (Å²) in [5.41, 5.74) is 0.909. The van der Waals surface area contributed by atoms with E-state index in [2.05, 4.69) is 43.5 Å². The van der Waals surface area contributed by atoms with Gasteiger partial charge in [0.05, 0.1) is 5.69 Å². The maximum atomic E-state index is 5.95. The van der Waals surface area contributed by atoms with E-state index in [4.69, 9.17) is 11.6 Å². The van der Waals surface area contributed by atoms with Crippen molar-refractivity contribution in [3.8, 4) is 0 Å². The number of benzene rings is 1. The summed E-state index contributed by atoms with van der Waals surface area (Å²) in [6, 6.07) is 7.49. The van der Waals surface area contributed by atoms with Crippen molar-refractivity contribution < 1.29 is 0 Å². The van der Waals surface area contributed by atoms with Crippen molar-refractivity contribution in [2.24, 2.45) is 0 Å². The fourth-order valence-electron chi connectivity index (χ4n) is 1.65. The molecule has 1 aromatic carbocycles. The van der Waals surface area contributed by atoms with E-state index in [1.54, 1.807) is 0 Å². The molecule has 21 heavy (non-hydrogen) atoms.